The minimum absolute atomic E-state index is 0.718. The second-order valence-electron chi connectivity index (χ2n) is 3.60. The molecule has 2 rings (SSSR count). The number of hydrogen-bond donors (Lipinski definition) is 1. The van der Waals surface area contributed by atoms with Gasteiger partial charge in [-0.1, -0.05) is 39.7 Å². The maximum absolute atomic E-state index is 5.95. The average Bonchev–Trinajstić information content (AvgIpc) is 2.30. The summed E-state index contributed by atoms with van der Waals surface area (Å²) in [6.45, 7) is 0. The summed E-state index contributed by atoms with van der Waals surface area (Å²) >= 11 is 11.1. The van der Waals surface area contributed by atoms with Gasteiger partial charge in [0, 0.05) is 25.8 Å². The van der Waals surface area contributed by atoms with Gasteiger partial charge in [0.1, 0.15) is 0 Å². The molecule has 0 saturated heterocycles. The SMILES string of the molecule is Nc1ccc(Cl)cc1SCc1cccc(Br)c1. The third kappa shape index (κ3) is 3.66. The lowest BCUT2D eigenvalue weighted by Gasteiger charge is -2.06. The van der Waals surface area contributed by atoms with Crippen molar-refractivity contribution >= 4 is 45.0 Å². The molecule has 0 radical (unpaired) electrons. The lowest BCUT2D eigenvalue weighted by atomic mass is 10.2. The van der Waals surface area contributed by atoms with Crippen LogP contribution >= 0.6 is 39.3 Å². The molecule has 0 heterocycles. The van der Waals surface area contributed by atoms with Crippen molar-refractivity contribution < 1.29 is 0 Å². The lowest BCUT2D eigenvalue weighted by Crippen LogP contribution is -1.88. The van der Waals surface area contributed by atoms with Gasteiger partial charge < -0.3 is 5.73 Å². The minimum atomic E-state index is 0.718. The largest absolute Gasteiger partial charge is 0.398 e. The number of nitrogens with two attached hydrogens (primary N) is 1. The van der Waals surface area contributed by atoms with Gasteiger partial charge >= 0.3 is 0 Å². The highest BCUT2D eigenvalue weighted by Gasteiger charge is 2.02. The van der Waals surface area contributed by atoms with Crippen LogP contribution in [-0.4, -0.2) is 0 Å². The number of anilines is 1. The molecule has 0 aromatic heterocycles. The summed E-state index contributed by atoms with van der Waals surface area (Å²) in [5, 5.41) is 0.718. The van der Waals surface area contributed by atoms with Gasteiger partial charge in [-0.25, -0.2) is 0 Å². The van der Waals surface area contributed by atoms with Crippen molar-refractivity contribution in [3.05, 3.63) is 57.5 Å². The Hall–Kier alpha value is -0.640. The van der Waals surface area contributed by atoms with Crippen molar-refractivity contribution in [2.75, 3.05) is 5.73 Å². The van der Waals surface area contributed by atoms with E-state index in [-0.39, 0.29) is 0 Å². The summed E-state index contributed by atoms with van der Waals surface area (Å²) in [6.07, 6.45) is 0. The first kappa shape index (κ1) is 12.8. The van der Waals surface area contributed by atoms with Crippen molar-refractivity contribution in [3.8, 4) is 0 Å². The molecule has 0 bridgehead atoms. The van der Waals surface area contributed by atoms with Crippen molar-refractivity contribution in [2.45, 2.75) is 10.6 Å². The Bertz CT molecular complexity index is 531. The Kier molecular flexibility index (Phi) is 4.37. The number of benzene rings is 2. The van der Waals surface area contributed by atoms with Gasteiger partial charge in [0.2, 0.25) is 0 Å². The van der Waals surface area contributed by atoms with Crippen molar-refractivity contribution in [1.29, 1.82) is 0 Å². The van der Waals surface area contributed by atoms with E-state index in [9.17, 15) is 0 Å². The molecule has 0 atom stereocenters. The molecule has 0 fully saturated rings. The fourth-order valence-electron chi connectivity index (χ4n) is 1.42. The van der Waals surface area contributed by atoms with E-state index in [2.05, 4.69) is 28.1 Å². The zero-order valence-corrected chi connectivity index (χ0v) is 12.1. The number of rotatable bonds is 3. The molecule has 17 heavy (non-hydrogen) atoms. The summed E-state index contributed by atoms with van der Waals surface area (Å²) in [5.74, 6) is 0.879. The molecular formula is C13H11BrClNS. The van der Waals surface area contributed by atoms with Crippen molar-refractivity contribution in [3.63, 3.8) is 0 Å². The van der Waals surface area contributed by atoms with Crippen LogP contribution in [0.2, 0.25) is 5.02 Å². The highest BCUT2D eigenvalue weighted by Crippen LogP contribution is 2.30. The maximum Gasteiger partial charge on any atom is 0.0453 e. The van der Waals surface area contributed by atoms with Gasteiger partial charge in [-0.05, 0) is 35.9 Å². The Morgan fingerprint density at radius 2 is 2.00 bits per heavy atom. The summed E-state index contributed by atoms with van der Waals surface area (Å²) in [4.78, 5) is 1.03. The third-order valence-electron chi connectivity index (χ3n) is 2.26. The predicted molar refractivity (Wildman–Crippen MR) is 79.6 cm³/mol. The Morgan fingerprint density at radius 1 is 1.18 bits per heavy atom. The van der Waals surface area contributed by atoms with Crippen molar-refractivity contribution in [2.24, 2.45) is 0 Å². The molecule has 0 unspecified atom stereocenters. The summed E-state index contributed by atoms with van der Waals surface area (Å²) in [6, 6.07) is 13.8. The molecular weight excluding hydrogens is 318 g/mol. The number of thioether (sulfide) groups is 1. The fraction of sp³-hybridized carbons (Fsp3) is 0.0769. The molecule has 0 aliphatic rings. The first-order valence-corrected chi connectivity index (χ1v) is 7.23. The zero-order valence-electron chi connectivity index (χ0n) is 8.99. The maximum atomic E-state index is 5.95. The average molecular weight is 329 g/mol. The van der Waals surface area contributed by atoms with Gasteiger partial charge in [-0.15, -0.1) is 11.8 Å². The van der Waals surface area contributed by atoms with Gasteiger partial charge in [0.15, 0.2) is 0 Å². The minimum Gasteiger partial charge on any atom is -0.398 e. The first-order valence-electron chi connectivity index (χ1n) is 5.07. The van der Waals surface area contributed by atoms with E-state index in [0.29, 0.717) is 0 Å². The molecule has 1 nitrogen and oxygen atoms in total. The van der Waals surface area contributed by atoms with Crippen LogP contribution in [0.15, 0.2) is 51.8 Å². The summed E-state index contributed by atoms with van der Waals surface area (Å²) in [5.41, 5.74) is 7.92. The lowest BCUT2D eigenvalue weighted by molar-refractivity contribution is 1.37. The van der Waals surface area contributed by atoms with E-state index < -0.39 is 0 Å². The number of halogens is 2. The third-order valence-corrected chi connectivity index (χ3v) is 4.13. The molecule has 2 aromatic carbocycles. The van der Waals surface area contributed by atoms with Crippen LogP contribution in [0, 0.1) is 0 Å². The number of hydrogen-bond acceptors (Lipinski definition) is 2. The highest BCUT2D eigenvalue weighted by molar-refractivity contribution is 9.10. The smallest absolute Gasteiger partial charge is 0.0453 e. The van der Waals surface area contributed by atoms with Crippen molar-refractivity contribution in [1.82, 2.24) is 0 Å². The quantitative estimate of drug-likeness (QED) is 0.635. The van der Waals surface area contributed by atoms with E-state index in [4.69, 9.17) is 17.3 Å². The molecule has 4 heteroatoms. The van der Waals surface area contributed by atoms with E-state index in [1.807, 2.05) is 24.3 Å². The monoisotopic (exact) mass is 327 g/mol. The Morgan fingerprint density at radius 3 is 2.76 bits per heavy atom. The zero-order chi connectivity index (χ0) is 12.3. The van der Waals surface area contributed by atoms with Crippen LogP contribution < -0.4 is 5.73 Å². The van der Waals surface area contributed by atoms with Crippen LogP contribution in [0.4, 0.5) is 5.69 Å². The summed E-state index contributed by atoms with van der Waals surface area (Å²) in [7, 11) is 0. The molecule has 0 aliphatic carbocycles. The first-order chi connectivity index (χ1) is 8.15. The molecule has 0 aliphatic heterocycles. The van der Waals surface area contributed by atoms with Crippen LogP contribution in [0.25, 0.3) is 0 Å². The standard InChI is InChI=1S/C13H11BrClNS/c14-10-3-1-2-9(6-10)8-17-13-7-11(15)4-5-12(13)16/h1-7H,8,16H2. The van der Waals surface area contributed by atoms with E-state index in [0.717, 1.165) is 25.8 Å². The van der Waals surface area contributed by atoms with E-state index in [1.54, 1.807) is 17.8 Å². The molecule has 0 spiro atoms. The van der Waals surface area contributed by atoms with Crippen LogP contribution in [0.3, 0.4) is 0 Å². The molecule has 2 aromatic rings. The number of nitrogen functional groups attached to an aromatic ring is 1. The second kappa shape index (κ2) is 5.80. The predicted octanol–water partition coefficient (Wildman–Crippen LogP) is 4.98. The Labute approximate surface area is 118 Å². The van der Waals surface area contributed by atoms with Crippen LogP contribution in [0.1, 0.15) is 5.56 Å². The molecule has 88 valence electrons. The van der Waals surface area contributed by atoms with Gasteiger partial charge in [-0.3, -0.25) is 0 Å². The Balaban J connectivity index is 2.09. The van der Waals surface area contributed by atoms with E-state index in [1.165, 1.54) is 5.56 Å². The normalized spacial score (nSPS) is 10.5. The second-order valence-corrected chi connectivity index (χ2v) is 5.97. The van der Waals surface area contributed by atoms with E-state index >= 15 is 0 Å². The van der Waals surface area contributed by atoms with Crippen LogP contribution in [0.5, 0.6) is 0 Å². The van der Waals surface area contributed by atoms with Gasteiger partial charge in [0.05, 0.1) is 0 Å². The summed E-state index contributed by atoms with van der Waals surface area (Å²) < 4.78 is 1.09. The topological polar surface area (TPSA) is 26.0 Å². The molecule has 0 saturated carbocycles. The molecule has 2 N–H and O–H groups in total. The van der Waals surface area contributed by atoms with Gasteiger partial charge in [-0.2, -0.15) is 0 Å². The fourth-order valence-corrected chi connectivity index (χ4v) is 3.05. The highest BCUT2D eigenvalue weighted by atomic mass is 79.9. The van der Waals surface area contributed by atoms with Crippen LogP contribution in [-0.2, 0) is 5.75 Å². The molecule has 0 amide bonds. The van der Waals surface area contributed by atoms with Gasteiger partial charge in [0.25, 0.3) is 0 Å².